The van der Waals surface area contributed by atoms with E-state index in [-0.39, 0.29) is 5.56 Å². The van der Waals surface area contributed by atoms with E-state index in [0.717, 1.165) is 39.5 Å². The molecule has 0 aliphatic carbocycles. The molecule has 0 bridgehead atoms. The standard InChI is InChI=1S/C20H17ClN2O2S/c1-12(24)13-2-7-18-17(10-13)20-14(8-9-26-18)11-19(25)23(22-20)16-5-3-15(21)4-6-16/h2-7,10-12,24H,8-9H2,1H3. The van der Waals surface area contributed by atoms with Crippen molar-refractivity contribution in [3.8, 4) is 16.9 Å². The van der Waals surface area contributed by atoms with Gasteiger partial charge in [0.2, 0.25) is 0 Å². The van der Waals surface area contributed by atoms with Gasteiger partial charge in [-0.25, -0.2) is 0 Å². The molecule has 0 amide bonds. The Morgan fingerprint density at radius 1 is 1.19 bits per heavy atom. The van der Waals surface area contributed by atoms with Crippen LogP contribution in [0, 0.1) is 0 Å². The lowest BCUT2D eigenvalue weighted by molar-refractivity contribution is 0.199. The van der Waals surface area contributed by atoms with Crippen molar-refractivity contribution in [2.24, 2.45) is 0 Å². The fourth-order valence-electron chi connectivity index (χ4n) is 3.07. The highest BCUT2D eigenvalue weighted by atomic mass is 35.5. The molecular weight excluding hydrogens is 368 g/mol. The highest BCUT2D eigenvalue weighted by Gasteiger charge is 2.20. The van der Waals surface area contributed by atoms with E-state index in [0.29, 0.717) is 10.7 Å². The number of rotatable bonds is 2. The van der Waals surface area contributed by atoms with Gasteiger partial charge in [0.25, 0.3) is 5.56 Å². The molecule has 4 nitrogen and oxygen atoms in total. The van der Waals surface area contributed by atoms with Crippen LogP contribution in [0.4, 0.5) is 0 Å². The third kappa shape index (κ3) is 3.18. The fourth-order valence-corrected chi connectivity index (χ4v) is 4.21. The summed E-state index contributed by atoms with van der Waals surface area (Å²) in [5.74, 6) is 0.889. The number of hydrogen-bond donors (Lipinski definition) is 1. The van der Waals surface area contributed by atoms with Gasteiger partial charge in [-0.3, -0.25) is 4.79 Å². The van der Waals surface area contributed by atoms with E-state index in [9.17, 15) is 9.90 Å². The Morgan fingerprint density at radius 3 is 2.69 bits per heavy atom. The smallest absolute Gasteiger partial charge is 0.271 e. The van der Waals surface area contributed by atoms with Gasteiger partial charge in [-0.2, -0.15) is 9.78 Å². The molecule has 0 spiro atoms. The van der Waals surface area contributed by atoms with Crippen LogP contribution in [0.5, 0.6) is 0 Å². The van der Waals surface area contributed by atoms with Crippen molar-refractivity contribution in [2.45, 2.75) is 24.3 Å². The summed E-state index contributed by atoms with van der Waals surface area (Å²) in [7, 11) is 0. The summed E-state index contributed by atoms with van der Waals surface area (Å²) >= 11 is 7.70. The topological polar surface area (TPSA) is 55.1 Å². The molecule has 132 valence electrons. The van der Waals surface area contributed by atoms with Crippen LogP contribution in [0.1, 0.15) is 24.2 Å². The van der Waals surface area contributed by atoms with E-state index in [1.807, 2.05) is 18.2 Å². The third-order valence-corrected chi connectivity index (χ3v) is 5.78. The maximum absolute atomic E-state index is 12.6. The number of nitrogens with zero attached hydrogens (tertiary/aromatic N) is 2. The van der Waals surface area contributed by atoms with Gasteiger partial charge >= 0.3 is 0 Å². The first-order valence-electron chi connectivity index (χ1n) is 8.37. The number of halogens is 1. The van der Waals surface area contributed by atoms with Crippen molar-refractivity contribution in [1.82, 2.24) is 9.78 Å². The fraction of sp³-hybridized carbons (Fsp3) is 0.200. The van der Waals surface area contributed by atoms with Crippen LogP contribution in [-0.2, 0) is 6.42 Å². The first-order chi connectivity index (χ1) is 12.5. The summed E-state index contributed by atoms with van der Waals surface area (Å²) in [4.78, 5) is 13.7. The molecule has 1 atom stereocenters. The first-order valence-corrected chi connectivity index (χ1v) is 9.73. The molecule has 1 aromatic heterocycles. The lowest BCUT2D eigenvalue weighted by Gasteiger charge is -2.13. The zero-order valence-electron chi connectivity index (χ0n) is 14.1. The number of hydrogen-bond acceptors (Lipinski definition) is 4. The molecule has 1 unspecified atom stereocenters. The Morgan fingerprint density at radius 2 is 1.96 bits per heavy atom. The van der Waals surface area contributed by atoms with Crippen LogP contribution in [-0.4, -0.2) is 20.6 Å². The van der Waals surface area contributed by atoms with Gasteiger partial charge in [0, 0.05) is 27.3 Å². The van der Waals surface area contributed by atoms with Gasteiger partial charge in [-0.05, 0) is 60.9 Å². The Labute approximate surface area is 160 Å². The number of aromatic nitrogens is 2. The van der Waals surface area contributed by atoms with E-state index in [1.165, 1.54) is 4.68 Å². The average molecular weight is 385 g/mol. The molecule has 1 N–H and O–H groups in total. The van der Waals surface area contributed by atoms with Gasteiger partial charge in [-0.15, -0.1) is 11.8 Å². The maximum Gasteiger partial charge on any atom is 0.271 e. The molecule has 2 aromatic carbocycles. The second-order valence-corrected chi connectivity index (χ2v) is 7.85. The first kappa shape index (κ1) is 17.3. The third-order valence-electron chi connectivity index (χ3n) is 4.45. The molecule has 0 radical (unpaired) electrons. The van der Waals surface area contributed by atoms with Gasteiger partial charge in [0.15, 0.2) is 0 Å². The molecule has 0 saturated carbocycles. The largest absolute Gasteiger partial charge is 0.389 e. The molecule has 1 aliphatic heterocycles. The zero-order chi connectivity index (χ0) is 18.3. The van der Waals surface area contributed by atoms with E-state index in [1.54, 1.807) is 49.0 Å². The summed E-state index contributed by atoms with van der Waals surface area (Å²) in [6.45, 7) is 1.74. The summed E-state index contributed by atoms with van der Waals surface area (Å²) in [5, 5.41) is 15.2. The summed E-state index contributed by atoms with van der Waals surface area (Å²) < 4.78 is 1.41. The molecule has 0 saturated heterocycles. The van der Waals surface area contributed by atoms with Crippen molar-refractivity contribution in [1.29, 1.82) is 0 Å². The molecule has 3 aromatic rings. The lowest BCUT2D eigenvalue weighted by atomic mass is 10.0. The number of aryl methyl sites for hydroxylation is 1. The van der Waals surface area contributed by atoms with Crippen molar-refractivity contribution in [3.63, 3.8) is 0 Å². The molecule has 6 heteroatoms. The Balaban J connectivity index is 1.94. The molecule has 1 aliphatic rings. The number of thioether (sulfide) groups is 1. The van der Waals surface area contributed by atoms with Crippen molar-refractivity contribution in [3.05, 3.63) is 75.0 Å². The number of benzene rings is 2. The van der Waals surface area contributed by atoms with Gasteiger partial charge in [0.05, 0.1) is 17.5 Å². The minimum absolute atomic E-state index is 0.161. The monoisotopic (exact) mass is 384 g/mol. The minimum Gasteiger partial charge on any atom is -0.389 e. The highest BCUT2D eigenvalue weighted by molar-refractivity contribution is 7.99. The highest BCUT2D eigenvalue weighted by Crippen LogP contribution is 2.37. The van der Waals surface area contributed by atoms with Gasteiger partial charge < -0.3 is 5.11 Å². The summed E-state index contributed by atoms with van der Waals surface area (Å²) in [5.41, 5.74) is 4.04. The molecular formula is C20H17ClN2O2S. The molecule has 2 heterocycles. The van der Waals surface area contributed by atoms with Gasteiger partial charge in [0.1, 0.15) is 0 Å². The quantitative estimate of drug-likeness (QED) is 0.717. The summed E-state index contributed by atoms with van der Waals surface area (Å²) in [6, 6.07) is 14.7. The Bertz CT molecular complexity index is 1030. The van der Waals surface area contributed by atoms with Crippen LogP contribution in [0.2, 0.25) is 5.02 Å². The van der Waals surface area contributed by atoms with Crippen LogP contribution in [0.15, 0.2) is 58.2 Å². The Kier molecular flexibility index (Phi) is 4.61. The van der Waals surface area contributed by atoms with Crippen molar-refractivity contribution < 1.29 is 5.11 Å². The van der Waals surface area contributed by atoms with Crippen molar-refractivity contribution >= 4 is 23.4 Å². The normalized spacial score (nSPS) is 14.3. The maximum atomic E-state index is 12.6. The Hall–Kier alpha value is -2.08. The molecule has 4 rings (SSSR count). The van der Waals surface area contributed by atoms with E-state index >= 15 is 0 Å². The van der Waals surface area contributed by atoms with Crippen LogP contribution >= 0.6 is 23.4 Å². The van der Waals surface area contributed by atoms with E-state index in [2.05, 4.69) is 5.10 Å². The molecule has 26 heavy (non-hydrogen) atoms. The zero-order valence-corrected chi connectivity index (χ0v) is 15.7. The van der Waals surface area contributed by atoms with Crippen LogP contribution < -0.4 is 5.56 Å². The lowest BCUT2D eigenvalue weighted by Crippen LogP contribution is -2.22. The molecule has 0 fully saturated rings. The number of aliphatic hydroxyl groups excluding tert-OH is 1. The average Bonchev–Trinajstić information content (AvgIpc) is 2.80. The van der Waals surface area contributed by atoms with Crippen LogP contribution in [0.3, 0.4) is 0 Å². The number of fused-ring (bicyclic) bond motifs is 3. The predicted octanol–water partition coefficient (Wildman–Crippen LogP) is 4.25. The van der Waals surface area contributed by atoms with E-state index in [4.69, 9.17) is 11.6 Å². The van der Waals surface area contributed by atoms with Crippen molar-refractivity contribution in [2.75, 3.05) is 5.75 Å². The van der Waals surface area contributed by atoms with Gasteiger partial charge in [-0.1, -0.05) is 17.7 Å². The number of aliphatic hydroxyl groups is 1. The second kappa shape index (κ2) is 6.91. The predicted molar refractivity (Wildman–Crippen MR) is 105 cm³/mol. The summed E-state index contributed by atoms with van der Waals surface area (Å²) in [6.07, 6.45) is 0.224. The SMILES string of the molecule is CC(O)c1ccc2c(c1)-c1nn(-c3ccc(Cl)cc3)c(=O)cc1CCS2. The minimum atomic E-state index is -0.556. The van der Waals surface area contributed by atoms with Crippen LogP contribution in [0.25, 0.3) is 16.9 Å². The van der Waals surface area contributed by atoms with E-state index < -0.39 is 6.10 Å². The second-order valence-electron chi connectivity index (χ2n) is 6.27.